The first-order valence-corrected chi connectivity index (χ1v) is 42.0. The van der Waals surface area contributed by atoms with Crippen molar-refractivity contribution in [3.05, 3.63) is 311 Å². The van der Waals surface area contributed by atoms with Gasteiger partial charge in [-0.05, 0) is 289 Å². The second-order valence-corrected chi connectivity index (χ2v) is 38.2. The Hall–Kier alpha value is -11.7. The average Bonchev–Trinajstić information content (AvgIpc) is 1.70. The number of methoxy groups -OCH3 is 3. The Labute approximate surface area is 711 Å². The molecule has 17 aromatic rings. The van der Waals surface area contributed by atoms with Crippen LogP contribution in [0, 0.1) is 6.92 Å². The molecule has 0 unspecified atom stereocenters. The molecule has 0 saturated heterocycles. The van der Waals surface area contributed by atoms with Gasteiger partial charge in [0.1, 0.15) is 17.2 Å². The molecule has 119 heavy (non-hydrogen) atoms. The first kappa shape index (κ1) is 86.6. The van der Waals surface area contributed by atoms with Crippen LogP contribution in [0.3, 0.4) is 0 Å². The Bertz CT molecular complexity index is 6150. The molecule has 0 fully saturated rings. The molecule has 0 aliphatic heterocycles. The number of nitrogens with zero attached hydrogens (tertiary/aromatic N) is 1. The molecular weight excluding hydrogens is 1480 g/mol. The molecular formula is C108H122ClN7O3. The van der Waals surface area contributed by atoms with Crippen LogP contribution in [0.4, 0.5) is 0 Å². The number of aryl methyl sites for hydroxylation is 1. The third kappa shape index (κ3) is 20.2. The molecule has 0 aliphatic rings. The minimum absolute atomic E-state index is 0.000494. The second-order valence-electron chi connectivity index (χ2n) is 37.8. The summed E-state index contributed by atoms with van der Waals surface area (Å²) in [5, 5.41) is 8.18. The van der Waals surface area contributed by atoms with E-state index in [1.54, 1.807) is 21.3 Å². The third-order valence-corrected chi connectivity index (χ3v) is 22.6. The minimum Gasteiger partial charge on any atom is -0.496 e. The Morgan fingerprint density at radius 3 is 1.10 bits per heavy atom. The maximum absolute atomic E-state index is 6.11. The van der Waals surface area contributed by atoms with E-state index in [2.05, 4.69) is 356 Å². The number of pyridine rings is 1. The fraction of sp³-hybridized carbons (Fsp3) is 0.287. The number of rotatable bonds is 9. The molecule has 17 rings (SSSR count). The van der Waals surface area contributed by atoms with Crippen molar-refractivity contribution in [2.45, 2.75) is 184 Å². The molecule has 0 aliphatic carbocycles. The summed E-state index contributed by atoms with van der Waals surface area (Å²) in [7, 11) is 5.08. The molecule has 6 N–H and O–H groups in total. The van der Waals surface area contributed by atoms with Crippen LogP contribution in [0.1, 0.15) is 189 Å². The average molecular weight is 1600 g/mol. The SMILES string of the molecule is CC(C)(C)c1cc2[nH]ccc2cc1-c1ccccc1.CC(C)(C)c1cc2[nH]ccc2cc1-c1cccnc1.CC(C)c1ccc(-c2cc3cc[nH]c3cc2C(C)(C)C)cc1.COc1cc(Cl)ccc1-c1cc2cc[nH]c2cc1C(C)(C)C.COc1cccc(OC)c1-c1cc2cc[nH]c2cc1C(C)(C)C.Cc1c[nH]c2cc(C(C)(C)C)ccc12. The monoisotopic (exact) mass is 1600 g/mol. The van der Waals surface area contributed by atoms with E-state index in [0.717, 1.165) is 45.0 Å². The number of fused-ring (bicyclic) bond motifs is 6. The summed E-state index contributed by atoms with van der Waals surface area (Å²) in [6.07, 6.45) is 15.8. The van der Waals surface area contributed by atoms with Gasteiger partial charge in [-0.15, -0.1) is 0 Å². The lowest BCUT2D eigenvalue weighted by Gasteiger charge is -2.25. The summed E-state index contributed by atoms with van der Waals surface area (Å²) < 4.78 is 16.8. The van der Waals surface area contributed by atoms with E-state index in [1.165, 1.54) is 138 Å². The van der Waals surface area contributed by atoms with Gasteiger partial charge in [-0.25, -0.2) is 0 Å². The van der Waals surface area contributed by atoms with E-state index in [1.807, 2.05) is 85.8 Å². The van der Waals surface area contributed by atoms with Crippen LogP contribution in [0.25, 0.3) is 121 Å². The molecule has 7 aromatic heterocycles. The summed E-state index contributed by atoms with van der Waals surface area (Å²) in [4.78, 5) is 24.1. The van der Waals surface area contributed by atoms with Crippen molar-refractivity contribution >= 4 is 77.0 Å². The van der Waals surface area contributed by atoms with Gasteiger partial charge in [-0.1, -0.05) is 229 Å². The first-order chi connectivity index (χ1) is 56.3. The predicted octanol–water partition coefficient (Wildman–Crippen LogP) is 30.6. The van der Waals surface area contributed by atoms with Crippen molar-refractivity contribution in [3.8, 4) is 72.9 Å². The number of halogens is 1. The smallest absolute Gasteiger partial charge is 0.130 e. The van der Waals surface area contributed by atoms with E-state index in [0.29, 0.717) is 10.9 Å². The van der Waals surface area contributed by atoms with Crippen LogP contribution in [0.15, 0.2) is 262 Å². The van der Waals surface area contributed by atoms with E-state index in [-0.39, 0.29) is 32.5 Å². The Balaban J connectivity index is 0.000000132. The predicted molar refractivity (Wildman–Crippen MR) is 510 cm³/mol. The zero-order valence-electron chi connectivity index (χ0n) is 74.5. The number of ether oxygens (including phenoxy) is 3. The zero-order chi connectivity index (χ0) is 85.7. The number of hydrogen-bond donors (Lipinski definition) is 6. The van der Waals surface area contributed by atoms with Crippen LogP contribution >= 0.6 is 11.6 Å². The third-order valence-electron chi connectivity index (χ3n) is 22.3. The van der Waals surface area contributed by atoms with Crippen molar-refractivity contribution in [2.24, 2.45) is 0 Å². The lowest BCUT2D eigenvalue weighted by atomic mass is 9.81. The first-order valence-electron chi connectivity index (χ1n) is 41.6. The fourth-order valence-corrected chi connectivity index (χ4v) is 15.8. The van der Waals surface area contributed by atoms with Crippen molar-refractivity contribution in [2.75, 3.05) is 21.3 Å². The molecule has 10 aromatic carbocycles. The molecule has 0 atom stereocenters. The lowest BCUT2D eigenvalue weighted by molar-refractivity contribution is 0.397. The highest BCUT2D eigenvalue weighted by Gasteiger charge is 2.28. The lowest BCUT2D eigenvalue weighted by Crippen LogP contribution is -2.13. The molecule has 7 heterocycles. The second kappa shape index (κ2) is 35.5. The molecule has 0 spiro atoms. The van der Waals surface area contributed by atoms with E-state index in [9.17, 15) is 0 Å². The van der Waals surface area contributed by atoms with Gasteiger partial charge in [0.05, 0.1) is 26.9 Å². The number of aromatic amines is 6. The van der Waals surface area contributed by atoms with Crippen LogP contribution in [0.2, 0.25) is 5.02 Å². The van der Waals surface area contributed by atoms with Gasteiger partial charge in [-0.3, -0.25) is 4.98 Å². The standard InChI is InChI=1S/C21H25N.C20H23NO2.C19H20ClNO.C18H19N.C17H18N2.C13H17N/c1-14(2)15-6-8-16(9-7-15)18-12-17-10-11-22-20(17)13-19(18)21(3,4)5;1-20(2,3)15-12-16-13(9-10-21-16)11-14(15)19-17(22-4)7-6-8-18(19)23-5;1-19(2,3)16-11-17-12(7-8-21-17)9-15(16)14-6-5-13(20)10-18(14)22-4;1-18(2,3)16-12-17-14(9-10-19-17)11-15(16)13-7-5-4-6-8-13;1-17(2,3)15-10-16-12(6-8-19-16)9-14(15)13-5-4-7-18-11-13;1-9-8-14-12-7-10(13(2,3)4)5-6-11(9)12/h6-14,22H,1-5H3;6-12,21H,1-5H3;5-11,21H,1-4H3;4-12,19H,1-3H3;4-11,19H,1-3H3;5-8,14H,1-4H3. The molecule has 11 heteroatoms. The van der Waals surface area contributed by atoms with Crippen LogP contribution in [-0.2, 0) is 32.5 Å². The maximum atomic E-state index is 6.11. The topological polar surface area (TPSA) is 135 Å². The fourth-order valence-electron chi connectivity index (χ4n) is 15.7. The molecule has 0 saturated carbocycles. The van der Waals surface area contributed by atoms with E-state index >= 15 is 0 Å². The van der Waals surface area contributed by atoms with Crippen molar-refractivity contribution in [1.29, 1.82) is 0 Å². The summed E-state index contributed by atoms with van der Waals surface area (Å²) in [5.74, 6) is 3.02. The van der Waals surface area contributed by atoms with Crippen molar-refractivity contribution in [1.82, 2.24) is 34.9 Å². The van der Waals surface area contributed by atoms with Gasteiger partial charge < -0.3 is 44.1 Å². The van der Waals surface area contributed by atoms with Crippen molar-refractivity contribution in [3.63, 3.8) is 0 Å². The summed E-state index contributed by atoms with van der Waals surface area (Å²) in [5.41, 5.74) is 30.6. The Morgan fingerprint density at radius 2 is 0.706 bits per heavy atom. The molecule has 614 valence electrons. The molecule has 0 bridgehead atoms. The van der Waals surface area contributed by atoms with Gasteiger partial charge in [0.15, 0.2) is 0 Å². The number of H-pyrrole nitrogens is 6. The zero-order valence-corrected chi connectivity index (χ0v) is 75.2. The molecule has 0 radical (unpaired) electrons. The Kier molecular flexibility index (Phi) is 25.8. The van der Waals surface area contributed by atoms with Crippen molar-refractivity contribution < 1.29 is 14.2 Å². The van der Waals surface area contributed by atoms with E-state index < -0.39 is 0 Å². The molecule has 0 amide bonds. The summed E-state index contributed by atoms with van der Waals surface area (Å²) >= 11 is 6.11. The minimum atomic E-state index is 0.000494. The Morgan fingerprint density at radius 1 is 0.319 bits per heavy atom. The van der Waals surface area contributed by atoms with Gasteiger partial charge >= 0.3 is 0 Å². The largest absolute Gasteiger partial charge is 0.496 e. The number of benzene rings is 10. The highest BCUT2D eigenvalue weighted by molar-refractivity contribution is 6.30. The van der Waals surface area contributed by atoms with Crippen LogP contribution in [-0.4, -0.2) is 56.2 Å². The van der Waals surface area contributed by atoms with Crippen LogP contribution in [0.5, 0.6) is 17.2 Å². The van der Waals surface area contributed by atoms with Gasteiger partial charge in [0.2, 0.25) is 0 Å². The van der Waals surface area contributed by atoms with Gasteiger partial charge in [0.25, 0.3) is 0 Å². The quantitative estimate of drug-likeness (QED) is 0.0858. The van der Waals surface area contributed by atoms with Crippen LogP contribution < -0.4 is 14.2 Å². The summed E-state index contributed by atoms with van der Waals surface area (Å²) in [6.45, 7) is 47.1. The summed E-state index contributed by atoms with van der Waals surface area (Å²) in [6, 6.07) is 75.4. The molecule has 10 nitrogen and oxygen atoms in total. The van der Waals surface area contributed by atoms with Gasteiger partial charge in [0, 0.05) is 104 Å². The highest BCUT2D eigenvalue weighted by Crippen LogP contribution is 2.47. The van der Waals surface area contributed by atoms with Gasteiger partial charge in [-0.2, -0.15) is 0 Å². The number of aromatic nitrogens is 7. The maximum Gasteiger partial charge on any atom is 0.130 e. The normalized spacial score (nSPS) is 12.0. The number of nitrogens with one attached hydrogen (secondary N) is 6. The van der Waals surface area contributed by atoms with E-state index in [4.69, 9.17) is 25.8 Å². The number of hydrogen-bond acceptors (Lipinski definition) is 4. The highest BCUT2D eigenvalue weighted by atomic mass is 35.5.